The smallest absolute Gasteiger partial charge is 0.126 e. The Morgan fingerprint density at radius 1 is 1.30 bits per heavy atom. The predicted octanol–water partition coefficient (Wildman–Crippen LogP) is 3.19. The van der Waals surface area contributed by atoms with Crippen LogP contribution < -0.4 is 0 Å². The fourth-order valence-electron chi connectivity index (χ4n) is 2.26. The molecule has 0 amide bonds. The summed E-state index contributed by atoms with van der Waals surface area (Å²) in [6.07, 6.45) is 0.607. The van der Waals surface area contributed by atoms with E-state index in [0.717, 1.165) is 24.4 Å². The standard InChI is InChI=1S/C16H21FN2O/c1-4-13-9-14(19(5-2)18-13)10-16(20)12-7-6-11(3)15(17)8-12/h6-9,16,20H,4-5,10H2,1-3H3. The van der Waals surface area contributed by atoms with Crippen LogP contribution >= 0.6 is 0 Å². The molecular weight excluding hydrogens is 255 g/mol. The Hall–Kier alpha value is -1.68. The second-order valence-corrected chi connectivity index (χ2v) is 5.02. The molecule has 2 aromatic rings. The minimum atomic E-state index is -0.711. The van der Waals surface area contributed by atoms with Gasteiger partial charge < -0.3 is 5.11 Å². The first kappa shape index (κ1) is 14.7. The number of hydrogen-bond donors (Lipinski definition) is 1. The summed E-state index contributed by atoms with van der Waals surface area (Å²) < 4.78 is 15.4. The zero-order valence-electron chi connectivity index (χ0n) is 12.2. The summed E-state index contributed by atoms with van der Waals surface area (Å²) in [5, 5.41) is 14.7. The van der Waals surface area contributed by atoms with E-state index < -0.39 is 6.10 Å². The third-order valence-electron chi connectivity index (χ3n) is 3.56. The molecule has 3 nitrogen and oxygen atoms in total. The molecule has 1 unspecified atom stereocenters. The summed E-state index contributed by atoms with van der Waals surface area (Å²) in [5.41, 5.74) is 3.20. The van der Waals surface area contributed by atoms with Crippen molar-refractivity contribution in [2.45, 2.75) is 46.3 Å². The van der Waals surface area contributed by atoms with Crippen LogP contribution in [0.1, 0.15) is 42.5 Å². The number of aliphatic hydroxyl groups excluding tert-OH is 1. The van der Waals surface area contributed by atoms with E-state index in [2.05, 4.69) is 12.0 Å². The van der Waals surface area contributed by atoms with E-state index in [1.54, 1.807) is 19.1 Å². The van der Waals surface area contributed by atoms with Gasteiger partial charge in [-0.3, -0.25) is 4.68 Å². The normalized spacial score (nSPS) is 12.7. The molecule has 0 aliphatic rings. The average Bonchev–Trinajstić information content (AvgIpc) is 2.84. The van der Waals surface area contributed by atoms with E-state index in [4.69, 9.17) is 0 Å². The predicted molar refractivity (Wildman–Crippen MR) is 77.1 cm³/mol. The van der Waals surface area contributed by atoms with E-state index in [1.807, 2.05) is 17.7 Å². The van der Waals surface area contributed by atoms with E-state index in [0.29, 0.717) is 17.5 Å². The summed E-state index contributed by atoms with van der Waals surface area (Å²) in [7, 11) is 0. The average molecular weight is 276 g/mol. The number of aryl methyl sites for hydroxylation is 3. The Bertz CT molecular complexity index is 592. The first-order valence-electron chi connectivity index (χ1n) is 7.04. The number of rotatable bonds is 5. The lowest BCUT2D eigenvalue weighted by Crippen LogP contribution is -2.08. The lowest BCUT2D eigenvalue weighted by Gasteiger charge is -2.12. The monoisotopic (exact) mass is 276 g/mol. The van der Waals surface area contributed by atoms with Crippen molar-refractivity contribution in [3.8, 4) is 0 Å². The zero-order chi connectivity index (χ0) is 14.7. The Labute approximate surface area is 119 Å². The summed E-state index contributed by atoms with van der Waals surface area (Å²) in [6.45, 7) is 6.56. The van der Waals surface area contributed by atoms with Crippen LogP contribution in [0.3, 0.4) is 0 Å². The molecule has 0 fully saturated rings. The van der Waals surface area contributed by atoms with Gasteiger partial charge in [0.25, 0.3) is 0 Å². The van der Waals surface area contributed by atoms with E-state index in [-0.39, 0.29) is 5.82 Å². The van der Waals surface area contributed by atoms with Gasteiger partial charge in [-0.05, 0) is 43.5 Å². The second kappa shape index (κ2) is 6.18. The molecule has 2 rings (SSSR count). The van der Waals surface area contributed by atoms with Crippen LogP contribution in [0.25, 0.3) is 0 Å². The SMILES string of the molecule is CCc1cc(CC(O)c2ccc(C)c(F)c2)n(CC)n1. The lowest BCUT2D eigenvalue weighted by atomic mass is 10.0. The van der Waals surface area contributed by atoms with Crippen molar-refractivity contribution in [1.29, 1.82) is 0 Å². The van der Waals surface area contributed by atoms with E-state index in [9.17, 15) is 9.50 Å². The molecule has 1 aromatic heterocycles. The molecule has 0 saturated carbocycles. The van der Waals surface area contributed by atoms with Crippen molar-refractivity contribution >= 4 is 0 Å². The van der Waals surface area contributed by atoms with Crippen molar-refractivity contribution in [3.63, 3.8) is 0 Å². The van der Waals surface area contributed by atoms with Crippen LogP contribution in [0.2, 0.25) is 0 Å². The van der Waals surface area contributed by atoms with Gasteiger partial charge >= 0.3 is 0 Å². The fourth-order valence-corrected chi connectivity index (χ4v) is 2.26. The summed E-state index contributed by atoms with van der Waals surface area (Å²) in [5.74, 6) is -0.278. The number of hydrogen-bond acceptors (Lipinski definition) is 2. The molecule has 20 heavy (non-hydrogen) atoms. The largest absolute Gasteiger partial charge is 0.388 e. The van der Waals surface area contributed by atoms with E-state index >= 15 is 0 Å². The number of nitrogens with zero attached hydrogens (tertiary/aromatic N) is 2. The van der Waals surface area contributed by atoms with Crippen molar-refractivity contribution in [2.75, 3.05) is 0 Å². The molecule has 0 aliphatic carbocycles. The van der Waals surface area contributed by atoms with Gasteiger partial charge in [-0.25, -0.2) is 4.39 Å². The number of aromatic nitrogens is 2. The minimum absolute atomic E-state index is 0.278. The third-order valence-corrected chi connectivity index (χ3v) is 3.56. The Morgan fingerprint density at radius 2 is 2.05 bits per heavy atom. The highest BCUT2D eigenvalue weighted by molar-refractivity contribution is 5.26. The molecule has 0 saturated heterocycles. The van der Waals surface area contributed by atoms with Crippen molar-refractivity contribution in [2.24, 2.45) is 0 Å². The van der Waals surface area contributed by atoms with Gasteiger partial charge in [0.2, 0.25) is 0 Å². The molecule has 1 atom stereocenters. The van der Waals surface area contributed by atoms with Crippen molar-refractivity contribution < 1.29 is 9.50 Å². The highest BCUT2D eigenvalue weighted by atomic mass is 19.1. The van der Waals surface area contributed by atoms with Gasteiger partial charge in [0.1, 0.15) is 5.82 Å². The molecule has 1 aromatic carbocycles. The van der Waals surface area contributed by atoms with Gasteiger partial charge in [0.15, 0.2) is 0 Å². The quantitative estimate of drug-likeness (QED) is 0.910. The minimum Gasteiger partial charge on any atom is -0.388 e. The molecule has 0 bridgehead atoms. The maximum absolute atomic E-state index is 13.6. The van der Waals surface area contributed by atoms with Crippen LogP contribution in [0.15, 0.2) is 24.3 Å². The number of benzene rings is 1. The van der Waals surface area contributed by atoms with Gasteiger partial charge in [0, 0.05) is 18.7 Å². The first-order chi connectivity index (χ1) is 9.55. The second-order valence-electron chi connectivity index (χ2n) is 5.02. The van der Waals surface area contributed by atoms with Crippen molar-refractivity contribution in [3.05, 3.63) is 52.6 Å². The summed E-state index contributed by atoms with van der Waals surface area (Å²) >= 11 is 0. The van der Waals surface area contributed by atoms with Gasteiger partial charge in [-0.1, -0.05) is 19.1 Å². The van der Waals surface area contributed by atoms with Crippen LogP contribution in [-0.4, -0.2) is 14.9 Å². The molecule has 1 N–H and O–H groups in total. The molecular formula is C16H21FN2O. The maximum Gasteiger partial charge on any atom is 0.126 e. The zero-order valence-corrected chi connectivity index (χ0v) is 12.2. The fraction of sp³-hybridized carbons (Fsp3) is 0.438. The topological polar surface area (TPSA) is 38.0 Å². The number of aliphatic hydroxyl groups is 1. The van der Waals surface area contributed by atoms with Gasteiger partial charge in [-0.15, -0.1) is 0 Å². The Balaban J connectivity index is 2.20. The van der Waals surface area contributed by atoms with Crippen molar-refractivity contribution in [1.82, 2.24) is 9.78 Å². The summed E-state index contributed by atoms with van der Waals surface area (Å²) in [6, 6.07) is 6.89. The molecule has 4 heteroatoms. The lowest BCUT2D eigenvalue weighted by molar-refractivity contribution is 0.175. The summed E-state index contributed by atoms with van der Waals surface area (Å²) in [4.78, 5) is 0. The van der Waals surface area contributed by atoms with Crippen LogP contribution in [0.4, 0.5) is 4.39 Å². The first-order valence-corrected chi connectivity index (χ1v) is 7.04. The highest BCUT2D eigenvalue weighted by Crippen LogP contribution is 2.21. The highest BCUT2D eigenvalue weighted by Gasteiger charge is 2.14. The molecule has 1 heterocycles. The van der Waals surface area contributed by atoms with Crippen LogP contribution in [0, 0.1) is 12.7 Å². The Kier molecular flexibility index (Phi) is 4.55. The van der Waals surface area contributed by atoms with Gasteiger partial charge in [0.05, 0.1) is 11.8 Å². The third kappa shape index (κ3) is 3.07. The van der Waals surface area contributed by atoms with E-state index in [1.165, 1.54) is 6.07 Å². The maximum atomic E-state index is 13.6. The molecule has 0 radical (unpaired) electrons. The van der Waals surface area contributed by atoms with Crippen LogP contribution in [0.5, 0.6) is 0 Å². The molecule has 0 spiro atoms. The molecule has 0 aliphatic heterocycles. The van der Waals surface area contributed by atoms with Crippen LogP contribution in [-0.2, 0) is 19.4 Å². The Morgan fingerprint density at radius 3 is 2.65 bits per heavy atom. The number of halogens is 1. The molecule has 108 valence electrons. The van der Waals surface area contributed by atoms with Gasteiger partial charge in [-0.2, -0.15) is 5.10 Å².